The normalized spacial score (nSPS) is 9.91. The number of hydrogen-bond acceptors (Lipinski definition) is 3. The lowest BCUT2D eigenvalue weighted by atomic mass is 10.2. The van der Waals surface area contributed by atoms with Crippen molar-refractivity contribution in [2.24, 2.45) is 5.73 Å². The Morgan fingerprint density at radius 2 is 2.27 bits per heavy atom. The largest absolute Gasteiger partial charge is 0.425 e. The molecule has 1 rings (SSSR count). The molecule has 0 radical (unpaired) electrons. The van der Waals surface area contributed by atoms with E-state index >= 15 is 0 Å². The lowest BCUT2D eigenvalue weighted by Gasteiger charge is -1.98. The Bertz CT molecular complexity index is 293. The second-order valence-corrected chi connectivity index (χ2v) is 2.26. The van der Waals surface area contributed by atoms with Crippen molar-refractivity contribution in [2.75, 3.05) is 6.54 Å². The van der Waals surface area contributed by atoms with Gasteiger partial charge in [-0.1, -0.05) is 6.07 Å². The fourth-order valence-electron chi connectivity index (χ4n) is 0.833. The highest BCUT2D eigenvalue weighted by Gasteiger charge is 1.94. The first kappa shape index (κ1) is 7.81. The summed E-state index contributed by atoms with van der Waals surface area (Å²) < 4.78 is 0.561. The van der Waals surface area contributed by atoms with Crippen molar-refractivity contribution in [3.8, 4) is 0 Å². The van der Waals surface area contributed by atoms with E-state index in [1.54, 1.807) is 6.07 Å². The van der Waals surface area contributed by atoms with Crippen molar-refractivity contribution in [2.45, 2.75) is 6.42 Å². The molecule has 0 saturated carbocycles. The maximum absolute atomic E-state index is 10.7. The molecule has 3 N–H and O–H groups in total. The minimum atomic E-state index is -0.425. The van der Waals surface area contributed by atoms with Gasteiger partial charge < -0.3 is 10.9 Å². The molecule has 0 spiro atoms. The number of aromatic nitrogens is 1. The summed E-state index contributed by atoms with van der Waals surface area (Å²) in [6.45, 7) is 0.512. The molecule has 0 amide bonds. The van der Waals surface area contributed by atoms with Gasteiger partial charge in [-0.2, -0.15) is 4.73 Å². The van der Waals surface area contributed by atoms with Crippen LogP contribution < -0.4 is 11.3 Å². The second kappa shape index (κ2) is 3.21. The van der Waals surface area contributed by atoms with Crippen molar-refractivity contribution >= 4 is 0 Å². The van der Waals surface area contributed by atoms with E-state index in [2.05, 4.69) is 0 Å². The van der Waals surface area contributed by atoms with Crippen molar-refractivity contribution in [3.05, 3.63) is 34.2 Å². The molecule has 4 nitrogen and oxygen atoms in total. The van der Waals surface area contributed by atoms with E-state index in [1.807, 2.05) is 0 Å². The Labute approximate surface area is 63.8 Å². The quantitative estimate of drug-likeness (QED) is 0.569. The van der Waals surface area contributed by atoms with Crippen LogP contribution >= 0.6 is 0 Å². The fourth-order valence-corrected chi connectivity index (χ4v) is 0.833. The van der Waals surface area contributed by atoms with Crippen LogP contribution in [0.15, 0.2) is 23.1 Å². The zero-order chi connectivity index (χ0) is 8.27. The Kier molecular flexibility index (Phi) is 2.28. The molecule has 0 aliphatic carbocycles. The number of pyridine rings is 1. The fraction of sp³-hybridized carbons (Fsp3) is 0.286. The predicted octanol–water partition coefficient (Wildman–Crippen LogP) is -0.413. The van der Waals surface area contributed by atoms with Crippen LogP contribution in [-0.2, 0) is 6.42 Å². The summed E-state index contributed by atoms with van der Waals surface area (Å²) in [5.41, 5.74) is 5.71. The summed E-state index contributed by atoms with van der Waals surface area (Å²) in [6, 6.07) is 2.97. The van der Waals surface area contributed by atoms with E-state index in [0.29, 0.717) is 17.7 Å². The molecule has 4 heteroatoms. The lowest BCUT2D eigenvalue weighted by molar-refractivity contribution is 0.174. The smallest absolute Gasteiger partial charge is 0.282 e. The van der Waals surface area contributed by atoms with Gasteiger partial charge in [0.05, 0.1) is 6.20 Å². The van der Waals surface area contributed by atoms with Gasteiger partial charge in [-0.25, -0.2) is 0 Å². The number of nitrogens with zero attached hydrogens (tertiary/aromatic N) is 1. The molecule has 1 aromatic rings. The first-order valence-electron chi connectivity index (χ1n) is 3.35. The summed E-state index contributed by atoms with van der Waals surface area (Å²) in [4.78, 5) is 10.7. The van der Waals surface area contributed by atoms with E-state index in [0.717, 1.165) is 5.56 Å². The molecule has 1 heterocycles. The highest BCUT2D eigenvalue weighted by molar-refractivity contribution is 5.09. The number of nitrogens with two attached hydrogens (primary N) is 1. The maximum atomic E-state index is 10.7. The molecule has 60 valence electrons. The molecule has 0 saturated heterocycles. The highest BCUT2D eigenvalue weighted by Crippen LogP contribution is 1.93. The van der Waals surface area contributed by atoms with Gasteiger partial charge >= 0.3 is 0 Å². The van der Waals surface area contributed by atoms with Crippen LogP contribution in [0.4, 0.5) is 0 Å². The third kappa shape index (κ3) is 1.81. The topological polar surface area (TPSA) is 68.2 Å². The number of rotatable bonds is 2. The zero-order valence-electron chi connectivity index (χ0n) is 6.03. The van der Waals surface area contributed by atoms with Gasteiger partial charge in [0.2, 0.25) is 0 Å². The molecule has 0 aromatic carbocycles. The molecular formula is C7H10N2O2. The predicted molar refractivity (Wildman–Crippen MR) is 40.6 cm³/mol. The minimum absolute atomic E-state index is 0.425. The van der Waals surface area contributed by atoms with Gasteiger partial charge in [0.15, 0.2) is 0 Å². The van der Waals surface area contributed by atoms with Crippen LogP contribution in [0.3, 0.4) is 0 Å². The average molecular weight is 154 g/mol. The van der Waals surface area contributed by atoms with Crippen molar-refractivity contribution in [1.82, 2.24) is 4.73 Å². The van der Waals surface area contributed by atoms with Crippen LogP contribution in [-0.4, -0.2) is 16.5 Å². The van der Waals surface area contributed by atoms with Crippen LogP contribution in [0.5, 0.6) is 0 Å². The van der Waals surface area contributed by atoms with Crippen molar-refractivity contribution in [1.29, 1.82) is 0 Å². The molecule has 0 aliphatic rings. The van der Waals surface area contributed by atoms with E-state index in [1.165, 1.54) is 12.3 Å². The Morgan fingerprint density at radius 3 is 2.82 bits per heavy atom. The lowest BCUT2D eigenvalue weighted by Crippen LogP contribution is -2.16. The van der Waals surface area contributed by atoms with Crippen LogP contribution in [0, 0.1) is 0 Å². The molecule has 0 aliphatic heterocycles. The van der Waals surface area contributed by atoms with E-state index < -0.39 is 5.56 Å². The second-order valence-electron chi connectivity index (χ2n) is 2.26. The van der Waals surface area contributed by atoms with Gasteiger partial charge in [0, 0.05) is 6.07 Å². The first-order chi connectivity index (χ1) is 5.24. The third-order valence-corrected chi connectivity index (χ3v) is 1.39. The third-order valence-electron chi connectivity index (χ3n) is 1.39. The monoisotopic (exact) mass is 154 g/mol. The average Bonchev–Trinajstić information content (AvgIpc) is 1.98. The van der Waals surface area contributed by atoms with Gasteiger partial charge in [0.25, 0.3) is 5.56 Å². The van der Waals surface area contributed by atoms with Crippen LogP contribution in [0.25, 0.3) is 0 Å². The van der Waals surface area contributed by atoms with E-state index in [-0.39, 0.29) is 0 Å². The van der Waals surface area contributed by atoms with Crippen molar-refractivity contribution < 1.29 is 5.21 Å². The molecule has 11 heavy (non-hydrogen) atoms. The summed E-state index contributed by atoms with van der Waals surface area (Å²) in [6.07, 6.45) is 2.04. The molecule has 1 aromatic heterocycles. The Morgan fingerprint density at radius 1 is 1.55 bits per heavy atom. The molecule has 0 unspecified atom stereocenters. The minimum Gasteiger partial charge on any atom is -0.425 e. The molecule has 0 bridgehead atoms. The standard InChI is InChI=1S/C7H10N2O2/c8-4-3-6-1-2-7(10)9(11)5-6/h1-2,5,11H,3-4,8H2. The molecule has 0 atom stereocenters. The summed E-state index contributed by atoms with van der Waals surface area (Å²) in [5.74, 6) is 0. The van der Waals surface area contributed by atoms with Gasteiger partial charge in [-0.05, 0) is 18.5 Å². The maximum Gasteiger partial charge on any atom is 0.282 e. The van der Waals surface area contributed by atoms with Crippen molar-refractivity contribution in [3.63, 3.8) is 0 Å². The number of hydrogen-bond donors (Lipinski definition) is 2. The van der Waals surface area contributed by atoms with Gasteiger partial charge in [-0.3, -0.25) is 4.79 Å². The molecular weight excluding hydrogens is 144 g/mol. The van der Waals surface area contributed by atoms with E-state index in [4.69, 9.17) is 10.9 Å². The Hall–Kier alpha value is -1.29. The molecule has 0 fully saturated rings. The van der Waals surface area contributed by atoms with Gasteiger partial charge in [0.1, 0.15) is 0 Å². The van der Waals surface area contributed by atoms with Crippen LogP contribution in [0.1, 0.15) is 5.56 Å². The summed E-state index contributed by atoms with van der Waals surface area (Å²) >= 11 is 0. The highest BCUT2D eigenvalue weighted by atomic mass is 16.5. The van der Waals surface area contributed by atoms with Gasteiger partial charge in [-0.15, -0.1) is 0 Å². The van der Waals surface area contributed by atoms with E-state index in [9.17, 15) is 4.79 Å². The van der Waals surface area contributed by atoms with Crippen LogP contribution in [0.2, 0.25) is 0 Å². The SMILES string of the molecule is NCCc1ccc(=O)n(O)c1. The summed E-state index contributed by atoms with van der Waals surface area (Å²) in [5, 5.41) is 8.89. The zero-order valence-corrected chi connectivity index (χ0v) is 6.03. The Balaban J connectivity index is 2.96. The summed E-state index contributed by atoms with van der Waals surface area (Å²) in [7, 11) is 0. The first-order valence-corrected chi connectivity index (χ1v) is 3.35.